The second-order valence-corrected chi connectivity index (χ2v) is 9.32. The first kappa shape index (κ1) is 24.5. The zero-order valence-electron chi connectivity index (χ0n) is 21.4. The van der Waals surface area contributed by atoms with E-state index in [1.807, 2.05) is 30.3 Å². The van der Waals surface area contributed by atoms with E-state index in [4.69, 9.17) is 9.72 Å². The van der Waals surface area contributed by atoms with Crippen LogP contribution < -0.4 is 10.1 Å². The number of rotatable bonds is 9. The fraction of sp³-hybridized carbons (Fsp3) is 0.333. The molecule has 5 nitrogen and oxygen atoms in total. The van der Waals surface area contributed by atoms with Crippen LogP contribution in [0.25, 0.3) is 11.0 Å². The normalized spacial score (nSPS) is 11.1. The summed E-state index contributed by atoms with van der Waals surface area (Å²) in [6.07, 6.45) is 2.01. The van der Waals surface area contributed by atoms with Gasteiger partial charge >= 0.3 is 0 Å². The van der Waals surface area contributed by atoms with Crippen molar-refractivity contribution in [2.45, 2.75) is 53.5 Å². The van der Waals surface area contributed by atoms with E-state index in [2.05, 4.69) is 61.8 Å². The molecule has 182 valence electrons. The predicted molar refractivity (Wildman–Crippen MR) is 142 cm³/mol. The minimum absolute atomic E-state index is 0.0326. The van der Waals surface area contributed by atoms with E-state index in [1.165, 1.54) is 27.8 Å². The van der Waals surface area contributed by atoms with E-state index in [0.29, 0.717) is 13.0 Å². The number of para-hydroxylation sites is 2. The Kier molecular flexibility index (Phi) is 7.54. The van der Waals surface area contributed by atoms with E-state index < -0.39 is 0 Å². The van der Waals surface area contributed by atoms with E-state index >= 15 is 0 Å². The Morgan fingerprint density at radius 1 is 0.971 bits per heavy atom. The third-order valence-electron chi connectivity index (χ3n) is 6.99. The summed E-state index contributed by atoms with van der Waals surface area (Å²) >= 11 is 0. The quantitative estimate of drug-likeness (QED) is 0.324. The first-order valence-corrected chi connectivity index (χ1v) is 12.3. The number of hydrogen-bond donors (Lipinski definition) is 1. The average molecular weight is 470 g/mol. The number of nitrogens with zero attached hydrogens (tertiary/aromatic N) is 2. The number of imidazole rings is 1. The number of carbonyl (C=O) groups is 1. The summed E-state index contributed by atoms with van der Waals surface area (Å²) in [5.74, 6) is 1.89. The molecular formula is C30H35N3O2. The lowest BCUT2D eigenvalue weighted by molar-refractivity contribution is -0.120. The molecule has 0 radical (unpaired) electrons. The van der Waals surface area contributed by atoms with Gasteiger partial charge in [0.2, 0.25) is 5.91 Å². The standard InChI is InChI=1S/C30H35N3O2/c1-20-17-21(2)23(4)26(22(20)3)19-33-28-10-7-6-9-27(28)32-29(33)11-8-16-31-30(34)18-24-12-14-25(35-5)15-13-24/h6-7,9-10,12-15,17H,8,11,16,18-19H2,1-5H3,(H,31,34). The Morgan fingerprint density at radius 3 is 2.34 bits per heavy atom. The van der Waals surface area contributed by atoms with Gasteiger partial charge in [0.15, 0.2) is 0 Å². The van der Waals surface area contributed by atoms with E-state index in [-0.39, 0.29) is 5.91 Å². The average Bonchev–Trinajstić information content (AvgIpc) is 3.21. The molecule has 4 rings (SSSR count). The van der Waals surface area contributed by atoms with Crippen LogP contribution in [0.15, 0.2) is 54.6 Å². The van der Waals surface area contributed by atoms with Crippen LogP contribution in [-0.2, 0) is 24.2 Å². The highest BCUT2D eigenvalue weighted by molar-refractivity contribution is 5.78. The topological polar surface area (TPSA) is 56.1 Å². The molecule has 35 heavy (non-hydrogen) atoms. The van der Waals surface area contributed by atoms with Crippen molar-refractivity contribution in [3.63, 3.8) is 0 Å². The van der Waals surface area contributed by atoms with Crippen LogP contribution in [0, 0.1) is 27.7 Å². The van der Waals surface area contributed by atoms with Gasteiger partial charge in [0.25, 0.3) is 0 Å². The molecule has 3 aromatic carbocycles. The molecule has 4 aromatic rings. The van der Waals surface area contributed by atoms with Crippen LogP contribution in [0.3, 0.4) is 0 Å². The number of hydrogen-bond acceptors (Lipinski definition) is 3. The largest absolute Gasteiger partial charge is 0.497 e. The number of methoxy groups -OCH3 is 1. The van der Waals surface area contributed by atoms with Crippen molar-refractivity contribution in [3.05, 3.63) is 93.8 Å². The van der Waals surface area contributed by atoms with Gasteiger partial charge in [-0.25, -0.2) is 4.98 Å². The minimum Gasteiger partial charge on any atom is -0.497 e. The van der Waals surface area contributed by atoms with Crippen molar-refractivity contribution >= 4 is 16.9 Å². The highest BCUT2D eigenvalue weighted by Gasteiger charge is 2.15. The summed E-state index contributed by atoms with van der Waals surface area (Å²) in [5, 5.41) is 3.06. The van der Waals surface area contributed by atoms with Gasteiger partial charge in [-0.05, 0) is 91.8 Å². The van der Waals surface area contributed by atoms with Gasteiger partial charge in [-0.3, -0.25) is 4.79 Å². The molecule has 0 bridgehead atoms. The first-order valence-electron chi connectivity index (χ1n) is 12.3. The number of benzene rings is 3. The van der Waals surface area contributed by atoms with E-state index in [9.17, 15) is 4.79 Å². The smallest absolute Gasteiger partial charge is 0.224 e. The molecule has 1 heterocycles. The lowest BCUT2D eigenvalue weighted by atomic mass is 9.94. The predicted octanol–water partition coefficient (Wildman–Crippen LogP) is 5.62. The van der Waals surface area contributed by atoms with Gasteiger partial charge in [0, 0.05) is 19.5 Å². The number of ether oxygens (including phenoxy) is 1. The number of nitrogens with one attached hydrogen (secondary N) is 1. The maximum absolute atomic E-state index is 12.4. The van der Waals surface area contributed by atoms with Crippen LogP contribution in [0.5, 0.6) is 5.75 Å². The fourth-order valence-electron chi connectivity index (χ4n) is 4.65. The maximum atomic E-state index is 12.4. The summed E-state index contributed by atoms with van der Waals surface area (Å²) in [7, 11) is 1.64. The fourth-order valence-corrected chi connectivity index (χ4v) is 4.65. The molecular weight excluding hydrogens is 434 g/mol. The van der Waals surface area contributed by atoms with Crippen LogP contribution in [0.1, 0.15) is 45.6 Å². The molecule has 0 unspecified atom stereocenters. The minimum atomic E-state index is 0.0326. The molecule has 1 aromatic heterocycles. The van der Waals surface area contributed by atoms with Crippen LogP contribution in [-0.4, -0.2) is 29.1 Å². The summed E-state index contributed by atoms with van der Waals surface area (Å²) in [5.41, 5.74) is 9.88. The van der Waals surface area contributed by atoms with Crippen LogP contribution in [0.4, 0.5) is 0 Å². The highest BCUT2D eigenvalue weighted by atomic mass is 16.5. The molecule has 0 aliphatic rings. The molecule has 0 spiro atoms. The third kappa shape index (κ3) is 5.56. The lowest BCUT2D eigenvalue weighted by Gasteiger charge is -2.18. The maximum Gasteiger partial charge on any atom is 0.224 e. The first-order chi connectivity index (χ1) is 16.9. The Hall–Kier alpha value is -3.60. The Morgan fingerprint density at radius 2 is 1.66 bits per heavy atom. The summed E-state index contributed by atoms with van der Waals surface area (Å²) < 4.78 is 7.53. The number of amides is 1. The van der Waals surface area contributed by atoms with E-state index in [0.717, 1.165) is 47.6 Å². The molecule has 0 aliphatic carbocycles. The summed E-state index contributed by atoms with van der Waals surface area (Å²) in [4.78, 5) is 17.4. The van der Waals surface area contributed by atoms with Crippen LogP contribution in [0.2, 0.25) is 0 Å². The summed E-state index contributed by atoms with van der Waals surface area (Å²) in [6.45, 7) is 10.2. The second-order valence-electron chi connectivity index (χ2n) is 9.32. The van der Waals surface area contributed by atoms with Crippen molar-refractivity contribution in [2.24, 2.45) is 0 Å². The van der Waals surface area contributed by atoms with Crippen molar-refractivity contribution in [3.8, 4) is 5.75 Å². The monoisotopic (exact) mass is 469 g/mol. The Balaban J connectivity index is 1.44. The molecule has 1 N–H and O–H groups in total. The number of aryl methyl sites for hydroxylation is 3. The van der Waals surface area contributed by atoms with E-state index in [1.54, 1.807) is 7.11 Å². The molecule has 1 amide bonds. The number of carbonyl (C=O) groups excluding carboxylic acids is 1. The SMILES string of the molecule is COc1ccc(CC(=O)NCCCc2nc3ccccc3n2Cc2c(C)c(C)cc(C)c2C)cc1. The van der Waals surface area contributed by atoms with Gasteiger partial charge in [0.1, 0.15) is 11.6 Å². The molecule has 0 saturated heterocycles. The van der Waals surface area contributed by atoms with Crippen molar-refractivity contribution in [1.82, 2.24) is 14.9 Å². The Bertz CT molecular complexity index is 1310. The Labute approximate surface area is 208 Å². The molecule has 0 fully saturated rings. The zero-order valence-corrected chi connectivity index (χ0v) is 21.4. The molecule has 0 aliphatic heterocycles. The third-order valence-corrected chi connectivity index (χ3v) is 6.99. The van der Waals surface area contributed by atoms with Gasteiger partial charge in [0.05, 0.1) is 24.6 Å². The van der Waals surface area contributed by atoms with Gasteiger partial charge in [-0.2, -0.15) is 0 Å². The number of fused-ring (bicyclic) bond motifs is 1. The van der Waals surface area contributed by atoms with Gasteiger partial charge < -0.3 is 14.6 Å². The van der Waals surface area contributed by atoms with Crippen molar-refractivity contribution in [1.29, 1.82) is 0 Å². The molecule has 5 heteroatoms. The molecule has 0 saturated carbocycles. The van der Waals surface area contributed by atoms with Crippen molar-refractivity contribution < 1.29 is 9.53 Å². The van der Waals surface area contributed by atoms with Crippen LogP contribution >= 0.6 is 0 Å². The number of aromatic nitrogens is 2. The highest BCUT2D eigenvalue weighted by Crippen LogP contribution is 2.26. The molecule has 0 atom stereocenters. The van der Waals surface area contributed by atoms with Gasteiger partial charge in [-0.1, -0.05) is 30.3 Å². The summed E-state index contributed by atoms with van der Waals surface area (Å²) in [6, 6.07) is 18.2. The lowest BCUT2D eigenvalue weighted by Crippen LogP contribution is -2.26. The zero-order chi connectivity index (χ0) is 24.9. The van der Waals surface area contributed by atoms with Gasteiger partial charge in [-0.15, -0.1) is 0 Å². The van der Waals surface area contributed by atoms with Crippen molar-refractivity contribution in [2.75, 3.05) is 13.7 Å². The second kappa shape index (κ2) is 10.8.